The molecule has 0 aromatic heterocycles. The van der Waals surface area contributed by atoms with Crippen LogP contribution in [0.3, 0.4) is 0 Å². The van der Waals surface area contributed by atoms with E-state index >= 15 is 0 Å². The maximum absolute atomic E-state index is 11.2. The first kappa shape index (κ1) is 12.5. The third-order valence-corrected chi connectivity index (χ3v) is 3.51. The summed E-state index contributed by atoms with van der Waals surface area (Å²) in [6.07, 6.45) is 5.55. The average molecular weight is 212 g/mol. The molecule has 0 heterocycles. The summed E-state index contributed by atoms with van der Waals surface area (Å²) in [5.41, 5.74) is 0.426. The van der Waals surface area contributed by atoms with Gasteiger partial charge < -0.3 is 4.74 Å². The Kier molecular flexibility index (Phi) is 4.18. The topological polar surface area (TPSA) is 26.3 Å². The fourth-order valence-corrected chi connectivity index (χ4v) is 2.54. The first-order valence-electron chi connectivity index (χ1n) is 6.14. The van der Waals surface area contributed by atoms with Crippen LogP contribution in [0.2, 0.25) is 0 Å². The highest BCUT2D eigenvalue weighted by atomic mass is 16.5. The number of carbonyl (C=O) groups is 1. The Morgan fingerprint density at radius 2 is 2.20 bits per heavy atom. The SMILES string of the molecule is CCC(=O)OC(C)C1CCCC(C)(C)C1. The Balaban J connectivity index is 2.45. The minimum atomic E-state index is -0.0640. The van der Waals surface area contributed by atoms with Crippen molar-refractivity contribution >= 4 is 5.97 Å². The van der Waals surface area contributed by atoms with E-state index in [9.17, 15) is 4.79 Å². The van der Waals surface area contributed by atoms with E-state index in [1.807, 2.05) is 13.8 Å². The van der Waals surface area contributed by atoms with Gasteiger partial charge in [0.25, 0.3) is 0 Å². The van der Waals surface area contributed by atoms with Crippen LogP contribution in [-0.2, 0) is 9.53 Å². The lowest BCUT2D eigenvalue weighted by atomic mass is 9.71. The first-order chi connectivity index (χ1) is 6.94. The van der Waals surface area contributed by atoms with Crippen LogP contribution in [0.1, 0.15) is 59.8 Å². The normalized spacial score (nSPS) is 27.1. The lowest BCUT2D eigenvalue weighted by molar-refractivity contribution is -0.151. The van der Waals surface area contributed by atoms with Gasteiger partial charge in [0, 0.05) is 6.42 Å². The molecule has 88 valence electrons. The lowest BCUT2D eigenvalue weighted by Crippen LogP contribution is -2.31. The minimum absolute atomic E-state index is 0.0640. The van der Waals surface area contributed by atoms with Gasteiger partial charge in [0.2, 0.25) is 0 Å². The summed E-state index contributed by atoms with van der Waals surface area (Å²) >= 11 is 0. The number of rotatable bonds is 3. The molecule has 0 saturated heterocycles. The van der Waals surface area contributed by atoms with Crippen LogP contribution < -0.4 is 0 Å². The van der Waals surface area contributed by atoms with Crippen molar-refractivity contribution in [3.05, 3.63) is 0 Å². The average Bonchev–Trinajstić information content (AvgIpc) is 2.16. The number of ether oxygens (including phenoxy) is 1. The number of hydrogen-bond donors (Lipinski definition) is 0. The molecule has 2 nitrogen and oxygen atoms in total. The molecule has 0 amide bonds. The minimum Gasteiger partial charge on any atom is -0.462 e. The van der Waals surface area contributed by atoms with Gasteiger partial charge in [0.1, 0.15) is 6.10 Å². The molecule has 2 heteroatoms. The number of hydrogen-bond acceptors (Lipinski definition) is 2. The van der Waals surface area contributed by atoms with Gasteiger partial charge in [-0.05, 0) is 37.5 Å². The molecule has 2 unspecified atom stereocenters. The molecule has 15 heavy (non-hydrogen) atoms. The Labute approximate surface area is 93.4 Å². The second-order valence-electron chi connectivity index (χ2n) is 5.57. The van der Waals surface area contributed by atoms with Gasteiger partial charge in [-0.25, -0.2) is 0 Å². The van der Waals surface area contributed by atoms with Crippen LogP contribution >= 0.6 is 0 Å². The molecular weight excluding hydrogens is 188 g/mol. The maximum Gasteiger partial charge on any atom is 0.305 e. The van der Waals surface area contributed by atoms with Gasteiger partial charge in [-0.15, -0.1) is 0 Å². The third-order valence-electron chi connectivity index (χ3n) is 3.51. The molecule has 1 rings (SSSR count). The van der Waals surface area contributed by atoms with Crippen molar-refractivity contribution in [1.82, 2.24) is 0 Å². The molecule has 0 bridgehead atoms. The molecule has 0 N–H and O–H groups in total. The van der Waals surface area contributed by atoms with E-state index < -0.39 is 0 Å². The van der Waals surface area contributed by atoms with Gasteiger partial charge in [0.05, 0.1) is 0 Å². The molecule has 2 atom stereocenters. The van der Waals surface area contributed by atoms with Crippen LogP contribution in [0.25, 0.3) is 0 Å². The van der Waals surface area contributed by atoms with Crippen molar-refractivity contribution in [2.24, 2.45) is 11.3 Å². The Bertz CT molecular complexity index is 221. The van der Waals surface area contributed by atoms with Gasteiger partial charge in [-0.1, -0.05) is 27.2 Å². The molecule has 0 spiro atoms. The first-order valence-corrected chi connectivity index (χ1v) is 6.14. The van der Waals surface area contributed by atoms with E-state index in [1.165, 1.54) is 25.7 Å². The van der Waals surface area contributed by atoms with Gasteiger partial charge in [-0.2, -0.15) is 0 Å². The molecule has 1 fully saturated rings. The van der Waals surface area contributed by atoms with Crippen LogP contribution in [0, 0.1) is 11.3 Å². The lowest BCUT2D eigenvalue weighted by Gasteiger charge is -2.37. The highest BCUT2D eigenvalue weighted by Gasteiger charge is 2.32. The Morgan fingerprint density at radius 1 is 1.53 bits per heavy atom. The van der Waals surface area contributed by atoms with Crippen molar-refractivity contribution in [3.63, 3.8) is 0 Å². The second-order valence-corrected chi connectivity index (χ2v) is 5.57. The molecule has 1 saturated carbocycles. The van der Waals surface area contributed by atoms with E-state index in [1.54, 1.807) is 0 Å². The fourth-order valence-electron chi connectivity index (χ4n) is 2.54. The molecule has 1 aliphatic rings. The monoisotopic (exact) mass is 212 g/mol. The standard InChI is InChI=1S/C13H24O2/c1-5-12(14)15-10(2)11-7-6-8-13(3,4)9-11/h10-11H,5-9H2,1-4H3. The summed E-state index contributed by atoms with van der Waals surface area (Å²) in [7, 11) is 0. The summed E-state index contributed by atoms with van der Waals surface area (Å²) in [4.78, 5) is 11.2. The van der Waals surface area contributed by atoms with Crippen LogP contribution in [-0.4, -0.2) is 12.1 Å². The Morgan fingerprint density at radius 3 is 2.73 bits per heavy atom. The van der Waals surface area contributed by atoms with Crippen LogP contribution in [0.4, 0.5) is 0 Å². The quantitative estimate of drug-likeness (QED) is 0.669. The van der Waals surface area contributed by atoms with Gasteiger partial charge >= 0.3 is 5.97 Å². The zero-order valence-corrected chi connectivity index (χ0v) is 10.5. The van der Waals surface area contributed by atoms with Crippen molar-refractivity contribution in [2.75, 3.05) is 0 Å². The number of esters is 1. The summed E-state index contributed by atoms with van der Waals surface area (Å²) in [5.74, 6) is 0.495. The van der Waals surface area contributed by atoms with E-state index in [-0.39, 0.29) is 12.1 Å². The van der Waals surface area contributed by atoms with E-state index in [0.29, 0.717) is 17.8 Å². The zero-order chi connectivity index (χ0) is 11.5. The molecule has 1 aliphatic carbocycles. The predicted molar refractivity (Wildman–Crippen MR) is 61.6 cm³/mol. The summed E-state index contributed by atoms with van der Waals surface area (Å²) in [6.45, 7) is 8.51. The summed E-state index contributed by atoms with van der Waals surface area (Å²) < 4.78 is 5.39. The van der Waals surface area contributed by atoms with Crippen LogP contribution in [0.15, 0.2) is 0 Å². The Hall–Kier alpha value is -0.530. The van der Waals surface area contributed by atoms with E-state index in [4.69, 9.17) is 4.74 Å². The largest absolute Gasteiger partial charge is 0.462 e. The predicted octanol–water partition coefficient (Wildman–Crippen LogP) is 3.54. The molecule has 0 radical (unpaired) electrons. The van der Waals surface area contributed by atoms with E-state index in [2.05, 4.69) is 13.8 Å². The summed E-state index contributed by atoms with van der Waals surface area (Å²) in [6, 6.07) is 0. The van der Waals surface area contributed by atoms with Crippen molar-refractivity contribution in [3.8, 4) is 0 Å². The van der Waals surface area contributed by atoms with E-state index in [0.717, 1.165) is 0 Å². The molecule has 0 aromatic rings. The molecule has 0 aliphatic heterocycles. The van der Waals surface area contributed by atoms with Crippen molar-refractivity contribution in [1.29, 1.82) is 0 Å². The second kappa shape index (κ2) is 5.00. The van der Waals surface area contributed by atoms with Gasteiger partial charge in [0.15, 0.2) is 0 Å². The third kappa shape index (κ3) is 3.84. The number of carbonyl (C=O) groups excluding carboxylic acids is 1. The van der Waals surface area contributed by atoms with Crippen molar-refractivity contribution in [2.45, 2.75) is 65.9 Å². The summed E-state index contributed by atoms with van der Waals surface area (Å²) in [5, 5.41) is 0. The smallest absolute Gasteiger partial charge is 0.305 e. The fraction of sp³-hybridized carbons (Fsp3) is 0.923. The highest BCUT2D eigenvalue weighted by Crippen LogP contribution is 2.40. The molecule has 0 aromatic carbocycles. The maximum atomic E-state index is 11.2. The van der Waals surface area contributed by atoms with Gasteiger partial charge in [-0.3, -0.25) is 4.79 Å². The van der Waals surface area contributed by atoms with Crippen LogP contribution in [0.5, 0.6) is 0 Å². The van der Waals surface area contributed by atoms with Crippen molar-refractivity contribution < 1.29 is 9.53 Å². The molecular formula is C13H24O2. The zero-order valence-electron chi connectivity index (χ0n) is 10.5. The highest BCUT2D eigenvalue weighted by molar-refractivity contribution is 5.69.